The summed E-state index contributed by atoms with van der Waals surface area (Å²) in [7, 11) is 1.61. The summed E-state index contributed by atoms with van der Waals surface area (Å²) in [5.74, 6) is 0.681. The number of ether oxygens (including phenoxy) is 1. The van der Waals surface area contributed by atoms with Crippen LogP contribution in [0.1, 0.15) is 11.1 Å². The number of fused-ring (bicyclic) bond motifs is 2. The van der Waals surface area contributed by atoms with Crippen molar-refractivity contribution in [3.63, 3.8) is 0 Å². The van der Waals surface area contributed by atoms with Crippen LogP contribution in [0.25, 0.3) is 16.7 Å². The van der Waals surface area contributed by atoms with Crippen LogP contribution in [0.4, 0.5) is 4.39 Å². The van der Waals surface area contributed by atoms with Gasteiger partial charge in [-0.3, -0.25) is 0 Å². The number of benzene rings is 1. The van der Waals surface area contributed by atoms with Crippen LogP contribution in [-0.4, -0.2) is 28.0 Å². The molecule has 2 heterocycles. The maximum absolute atomic E-state index is 13.7. The Hall–Kier alpha value is -2.43. The number of nitrogens with zero attached hydrogens (tertiary/aromatic N) is 3. The van der Waals surface area contributed by atoms with E-state index in [1.165, 1.54) is 0 Å². The van der Waals surface area contributed by atoms with Crippen LogP contribution < -0.4 is 4.74 Å². The van der Waals surface area contributed by atoms with Crippen molar-refractivity contribution in [1.29, 1.82) is 0 Å². The minimum atomic E-state index is -0.796. The SMILES string of the molecule is COc1cnc2cnn(-c3cccc4c3CC(F)C4)c2c1. The lowest BCUT2D eigenvalue weighted by Crippen LogP contribution is -2.02. The average molecular weight is 283 g/mol. The lowest BCUT2D eigenvalue weighted by molar-refractivity contribution is 0.349. The van der Waals surface area contributed by atoms with Gasteiger partial charge in [-0.05, 0) is 17.2 Å². The zero-order valence-corrected chi connectivity index (χ0v) is 11.6. The van der Waals surface area contributed by atoms with Gasteiger partial charge in [0, 0.05) is 18.9 Å². The minimum Gasteiger partial charge on any atom is -0.495 e. The van der Waals surface area contributed by atoms with Gasteiger partial charge in [-0.25, -0.2) is 14.1 Å². The van der Waals surface area contributed by atoms with E-state index >= 15 is 0 Å². The minimum absolute atomic E-state index is 0.449. The van der Waals surface area contributed by atoms with Crippen molar-refractivity contribution in [1.82, 2.24) is 14.8 Å². The third-order valence-electron chi connectivity index (χ3n) is 3.98. The quantitative estimate of drug-likeness (QED) is 0.726. The van der Waals surface area contributed by atoms with E-state index in [1.54, 1.807) is 19.5 Å². The van der Waals surface area contributed by atoms with E-state index in [2.05, 4.69) is 10.1 Å². The predicted molar refractivity (Wildman–Crippen MR) is 77.7 cm³/mol. The summed E-state index contributed by atoms with van der Waals surface area (Å²) in [6.07, 6.45) is 3.53. The van der Waals surface area contributed by atoms with Crippen LogP contribution in [0, 0.1) is 0 Å². The van der Waals surface area contributed by atoms with Crippen LogP contribution in [-0.2, 0) is 12.8 Å². The molecule has 4 rings (SSSR count). The van der Waals surface area contributed by atoms with Gasteiger partial charge < -0.3 is 4.74 Å². The normalized spacial score (nSPS) is 17.1. The molecule has 1 aliphatic rings. The molecule has 5 heteroatoms. The fraction of sp³-hybridized carbons (Fsp3) is 0.250. The summed E-state index contributed by atoms with van der Waals surface area (Å²) < 4.78 is 20.8. The highest BCUT2D eigenvalue weighted by Crippen LogP contribution is 2.31. The first-order valence-electron chi connectivity index (χ1n) is 6.89. The third kappa shape index (κ3) is 1.88. The first-order chi connectivity index (χ1) is 10.3. The number of hydrogen-bond acceptors (Lipinski definition) is 3. The van der Waals surface area contributed by atoms with E-state index < -0.39 is 6.17 Å². The molecular formula is C16H14FN3O. The lowest BCUT2D eigenvalue weighted by atomic mass is 10.1. The molecule has 0 fully saturated rings. The zero-order valence-electron chi connectivity index (χ0n) is 11.6. The van der Waals surface area contributed by atoms with Gasteiger partial charge in [-0.2, -0.15) is 5.10 Å². The number of hydrogen-bond donors (Lipinski definition) is 0. The Bertz CT molecular complexity index is 828. The number of aromatic nitrogens is 3. The molecule has 0 radical (unpaired) electrons. The van der Waals surface area contributed by atoms with Gasteiger partial charge in [0.05, 0.1) is 30.7 Å². The third-order valence-corrected chi connectivity index (χ3v) is 3.98. The second kappa shape index (κ2) is 4.55. The van der Waals surface area contributed by atoms with Crippen LogP contribution in [0.5, 0.6) is 5.75 Å². The summed E-state index contributed by atoms with van der Waals surface area (Å²) in [4.78, 5) is 4.32. The Morgan fingerprint density at radius 2 is 2.19 bits per heavy atom. The second-order valence-electron chi connectivity index (χ2n) is 5.26. The van der Waals surface area contributed by atoms with E-state index in [1.807, 2.05) is 28.9 Å². The number of halogens is 1. The molecule has 0 saturated heterocycles. The van der Waals surface area contributed by atoms with Gasteiger partial charge in [-0.15, -0.1) is 0 Å². The van der Waals surface area contributed by atoms with Crippen LogP contribution in [0.15, 0.2) is 36.7 Å². The number of pyridine rings is 1. The topological polar surface area (TPSA) is 39.9 Å². The zero-order chi connectivity index (χ0) is 14.4. The van der Waals surface area contributed by atoms with Crippen molar-refractivity contribution in [2.45, 2.75) is 19.0 Å². The molecule has 1 unspecified atom stereocenters. The van der Waals surface area contributed by atoms with Crippen molar-refractivity contribution in [3.05, 3.63) is 47.8 Å². The Kier molecular flexibility index (Phi) is 2.67. The first kappa shape index (κ1) is 12.3. The highest BCUT2D eigenvalue weighted by molar-refractivity contribution is 5.77. The monoisotopic (exact) mass is 283 g/mol. The van der Waals surface area contributed by atoms with E-state index in [-0.39, 0.29) is 0 Å². The fourth-order valence-electron chi connectivity index (χ4n) is 2.97. The first-order valence-corrected chi connectivity index (χ1v) is 6.89. The Morgan fingerprint density at radius 1 is 1.29 bits per heavy atom. The molecule has 2 aromatic heterocycles. The Labute approximate surface area is 121 Å². The van der Waals surface area contributed by atoms with E-state index in [4.69, 9.17) is 4.74 Å². The molecular weight excluding hydrogens is 269 g/mol. The molecule has 0 N–H and O–H groups in total. The molecule has 1 atom stereocenters. The predicted octanol–water partition coefficient (Wildman–Crippen LogP) is 2.87. The summed E-state index contributed by atoms with van der Waals surface area (Å²) in [6.45, 7) is 0. The van der Waals surface area contributed by atoms with Crippen LogP contribution in [0.3, 0.4) is 0 Å². The van der Waals surface area contributed by atoms with Crippen LogP contribution in [0.2, 0.25) is 0 Å². The van der Waals surface area contributed by atoms with E-state index in [0.29, 0.717) is 18.6 Å². The number of alkyl halides is 1. The molecule has 1 aliphatic carbocycles. The summed E-state index contributed by atoms with van der Waals surface area (Å²) in [5, 5.41) is 4.42. The van der Waals surface area contributed by atoms with Gasteiger partial charge in [0.25, 0.3) is 0 Å². The largest absolute Gasteiger partial charge is 0.495 e. The van der Waals surface area contributed by atoms with Gasteiger partial charge in [0.1, 0.15) is 17.4 Å². The molecule has 4 nitrogen and oxygen atoms in total. The van der Waals surface area contributed by atoms with Crippen molar-refractivity contribution in [2.24, 2.45) is 0 Å². The molecule has 3 aromatic rings. The molecule has 21 heavy (non-hydrogen) atoms. The Balaban J connectivity index is 1.94. The number of rotatable bonds is 2. The maximum atomic E-state index is 13.7. The fourth-order valence-corrected chi connectivity index (χ4v) is 2.97. The molecule has 0 aliphatic heterocycles. The highest BCUT2D eigenvalue weighted by Gasteiger charge is 2.24. The summed E-state index contributed by atoms with van der Waals surface area (Å²) >= 11 is 0. The second-order valence-corrected chi connectivity index (χ2v) is 5.26. The summed E-state index contributed by atoms with van der Waals surface area (Å²) in [5.41, 5.74) is 4.70. The van der Waals surface area contributed by atoms with E-state index in [9.17, 15) is 4.39 Å². The standard InChI is InChI=1S/C16H14FN3O/c1-21-12-7-16-14(18-8-12)9-19-20(16)15-4-2-3-10-5-11(17)6-13(10)15/h2-4,7-9,11H,5-6H2,1H3. The number of methoxy groups -OCH3 is 1. The smallest absolute Gasteiger partial charge is 0.139 e. The van der Waals surface area contributed by atoms with E-state index in [0.717, 1.165) is 27.8 Å². The van der Waals surface area contributed by atoms with Gasteiger partial charge in [0.15, 0.2) is 0 Å². The molecule has 0 bridgehead atoms. The molecule has 0 amide bonds. The van der Waals surface area contributed by atoms with Gasteiger partial charge >= 0.3 is 0 Å². The van der Waals surface area contributed by atoms with Crippen LogP contribution >= 0.6 is 0 Å². The highest BCUT2D eigenvalue weighted by atomic mass is 19.1. The summed E-state index contributed by atoms with van der Waals surface area (Å²) in [6, 6.07) is 7.82. The van der Waals surface area contributed by atoms with Crippen molar-refractivity contribution in [3.8, 4) is 11.4 Å². The van der Waals surface area contributed by atoms with Gasteiger partial charge in [-0.1, -0.05) is 12.1 Å². The molecule has 0 saturated carbocycles. The van der Waals surface area contributed by atoms with Gasteiger partial charge in [0.2, 0.25) is 0 Å². The van der Waals surface area contributed by atoms with Crippen molar-refractivity contribution in [2.75, 3.05) is 7.11 Å². The lowest BCUT2D eigenvalue weighted by Gasteiger charge is -2.09. The maximum Gasteiger partial charge on any atom is 0.139 e. The molecule has 106 valence electrons. The Morgan fingerprint density at radius 3 is 3.05 bits per heavy atom. The average Bonchev–Trinajstić information content (AvgIpc) is 3.08. The van der Waals surface area contributed by atoms with Crippen molar-refractivity contribution >= 4 is 11.0 Å². The van der Waals surface area contributed by atoms with Crippen molar-refractivity contribution < 1.29 is 9.13 Å². The molecule has 0 spiro atoms. The molecule has 1 aromatic carbocycles.